The highest BCUT2D eigenvalue weighted by atomic mass is 79.9. The molecule has 2 aromatic rings. The highest BCUT2D eigenvalue weighted by Gasteiger charge is 2.18. The van der Waals surface area contributed by atoms with Gasteiger partial charge in [-0.1, -0.05) is 41.1 Å². The topological polar surface area (TPSA) is 67.9 Å². The molecule has 0 bridgehead atoms. The molecule has 0 saturated carbocycles. The fourth-order valence-corrected chi connectivity index (χ4v) is 2.75. The number of rotatable bonds is 9. The largest absolute Gasteiger partial charge is 0.484 e. The lowest BCUT2D eigenvalue weighted by atomic mass is 10.0. The maximum atomic E-state index is 12.3. The smallest absolute Gasteiger partial charge is 0.259 e. The van der Waals surface area contributed by atoms with Gasteiger partial charge in [0.1, 0.15) is 11.5 Å². The molecule has 2 amide bonds. The number of nitrogens with one attached hydrogen (secondary N) is 1. The number of carbonyl (C=O) groups excluding carboxylic acids is 2. The zero-order valence-corrected chi connectivity index (χ0v) is 17.9. The Morgan fingerprint density at radius 2 is 1.71 bits per heavy atom. The molecular weight excluding hydrogens is 424 g/mol. The molecule has 150 valence electrons. The molecule has 0 spiro atoms. The van der Waals surface area contributed by atoms with E-state index in [4.69, 9.17) is 9.47 Å². The van der Waals surface area contributed by atoms with Crippen LogP contribution in [0.4, 0.5) is 0 Å². The molecule has 1 atom stereocenters. The van der Waals surface area contributed by atoms with Crippen LogP contribution in [0.2, 0.25) is 0 Å². The number of benzene rings is 2. The quantitative estimate of drug-likeness (QED) is 0.636. The van der Waals surface area contributed by atoms with E-state index in [0.29, 0.717) is 17.9 Å². The average molecular weight is 449 g/mol. The zero-order chi connectivity index (χ0) is 20.5. The minimum absolute atomic E-state index is 0.0545. The van der Waals surface area contributed by atoms with Gasteiger partial charge in [0.15, 0.2) is 13.2 Å². The van der Waals surface area contributed by atoms with Crippen molar-refractivity contribution in [2.75, 3.05) is 27.3 Å². The molecule has 1 N–H and O–H groups in total. The van der Waals surface area contributed by atoms with Crippen LogP contribution in [-0.2, 0) is 9.59 Å². The lowest BCUT2D eigenvalue weighted by Gasteiger charge is -2.21. The van der Waals surface area contributed by atoms with Crippen molar-refractivity contribution in [3.8, 4) is 11.5 Å². The van der Waals surface area contributed by atoms with Crippen LogP contribution in [0.25, 0.3) is 0 Å². The lowest BCUT2D eigenvalue weighted by molar-refractivity contribution is -0.130. The Hall–Kier alpha value is -2.54. The van der Waals surface area contributed by atoms with E-state index in [2.05, 4.69) is 21.2 Å². The second-order valence-corrected chi connectivity index (χ2v) is 7.30. The van der Waals surface area contributed by atoms with E-state index < -0.39 is 0 Å². The van der Waals surface area contributed by atoms with Gasteiger partial charge in [0.05, 0.1) is 6.04 Å². The minimum Gasteiger partial charge on any atom is -0.484 e. The predicted octanol–water partition coefficient (Wildman–Crippen LogP) is 3.56. The molecule has 6 nitrogen and oxygen atoms in total. The molecule has 7 heteroatoms. The van der Waals surface area contributed by atoms with Crippen LogP contribution in [0.3, 0.4) is 0 Å². The first-order valence-corrected chi connectivity index (χ1v) is 9.79. The average Bonchev–Trinajstić information content (AvgIpc) is 2.70. The summed E-state index contributed by atoms with van der Waals surface area (Å²) in [6.45, 7) is 1.84. The number of ether oxygens (including phenoxy) is 2. The number of amides is 2. The summed E-state index contributed by atoms with van der Waals surface area (Å²) >= 11 is 3.36. The lowest BCUT2D eigenvalue weighted by Crippen LogP contribution is -2.33. The van der Waals surface area contributed by atoms with Gasteiger partial charge >= 0.3 is 0 Å². The molecule has 0 aromatic heterocycles. The minimum atomic E-state index is -0.244. The molecule has 0 aliphatic carbocycles. The SMILES string of the molecule is CCC(NC(=O)COc1ccc(Br)cc1)c1ccccc1OCC(=O)N(C)C. The first-order valence-electron chi connectivity index (χ1n) is 9.00. The molecule has 2 rings (SSSR count). The Morgan fingerprint density at radius 1 is 1.04 bits per heavy atom. The third-order valence-corrected chi connectivity index (χ3v) is 4.60. The Morgan fingerprint density at radius 3 is 2.36 bits per heavy atom. The second-order valence-electron chi connectivity index (χ2n) is 6.39. The number of halogens is 1. The van der Waals surface area contributed by atoms with Crippen molar-refractivity contribution < 1.29 is 19.1 Å². The fourth-order valence-electron chi connectivity index (χ4n) is 2.48. The molecule has 0 heterocycles. The van der Waals surface area contributed by atoms with Crippen LogP contribution in [0.1, 0.15) is 24.9 Å². The fraction of sp³-hybridized carbons (Fsp3) is 0.333. The summed E-state index contributed by atoms with van der Waals surface area (Å²) < 4.78 is 12.2. The normalized spacial score (nSPS) is 11.4. The predicted molar refractivity (Wildman–Crippen MR) is 111 cm³/mol. The Kier molecular flexibility index (Phi) is 8.32. The number of hydrogen-bond donors (Lipinski definition) is 1. The second kappa shape index (κ2) is 10.7. The number of hydrogen-bond acceptors (Lipinski definition) is 4. The van der Waals surface area contributed by atoms with E-state index in [1.54, 1.807) is 32.3 Å². The first kappa shape index (κ1) is 21.8. The van der Waals surface area contributed by atoms with Crippen molar-refractivity contribution in [3.63, 3.8) is 0 Å². The molecule has 0 saturated heterocycles. The monoisotopic (exact) mass is 448 g/mol. The van der Waals surface area contributed by atoms with Gasteiger partial charge in [0, 0.05) is 24.1 Å². The molecule has 1 unspecified atom stereocenters. The summed E-state index contributed by atoms with van der Waals surface area (Å²) in [6, 6.07) is 14.4. The van der Waals surface area contributed by atoms with Crippen LogP contribution in [0.15, 0.2) is 53.0 Å². The van der Waals surface area contributed by atoms with Crippen molar-refractivity contribution >= 4 is 27.7 Å². The number of nitrogens with zero attached hydrogens (tertiary/aromatic N) is 1. The Bertz CT molecular complexity index is 793. The number of likely N-dealkylation sites (N-methyl/N-ethyl adjacent to an activating group) is 1. The van der Waals surface area contributed by atoms with Crippen LogP contribution < -0.4 is 14.8 Å². The maximum absolute atomic E-state index is 12.3. The summed E-state index contributed by atoms with van der Waals surface area (Å²) in [7, 11) is 3.36. The molecular formula is C21H25BrN2O4. The molecule has 0 aliphatic heterocycles. The molecule has 0 radical (unpaired) electrons. The summed E-state index contributed by atoms with van der Waals surface area (Å²) in [5.41, 5.74) is 0.827. The van der Waals surface area contributed by atoms with Gasteiger partial charge in [-0.3, -0.25) is 9.59 Å². The van der Waals surface area contributed by atoms with Gasteiger partial charge in [0.2, 0.25) is 0 Å². The summed E-state index contributed by atoms with van der Waals surface area (Å²) in [5.74, 6) is 0.847. The van der Waals surface area contributed by atoms with Gasteiger partial charge in [-0.25, -0.2) is 0 Å². The van der Waals surface area contributed by atoms with E-state index in [0.717, 1.165) is 10.0 Å². The summed E-state index contributed by atoms with van der Waals surface area (Å²) in [5, 5.41) is 2.97. The Balaban J connectivity index is 1.99. The third kappa shape index (κ3) is 6.56. The van der Waals surface area contributed by atoms with Crippen LogP contribution >= 0.6 is 15.9 Å². The van der Waals surface area contributed by atoms with Crippen molar-refractivity contribution in [2.45, 2.75) is 19.4 Å². The van der Waals surface area contributed by atoms with E-state index >= 15 is 0 Å². The Labute approximate surface area is 174 Å². The zero-order valence-electron chi connectivity index (χ0n) is 16.3. The van der Waals surface area contributed by atoms with Crippen molar-refractivity contribution in [3.05, 3.63) is 58.6 Å². The third-order valence-electron chi connectivity index (χ3n) is 4.07. The van der Waals surface area contributed by atoms with E-state index in [-0.39, 0.29) is 31.1 Å². The van der Waals surface area contributed by atoms with Crippen LogP contribution in [0.5, 0.6) is 11.5 Å². The van der Waals surface area contributed by atoms with Crippen LogP contribution in [0, 0.1) is 0 Å². The number of carbonyl (C=O) groups is 2. The van der Waals surface area contributed by atoms with Gasteiger partial charge in [-0.05, 0) is 36.8 Å². The van der Waals surface area contributed by atoms with E-state index in [1.807, 2.05) is 37.3 Å². The molecule has 2 aromatic carbocycles. The van der Waals surface area contributed by atoms with Gasteiger partial charge < -0.3 is 19.7 Å². The van der Waals surface area contributed by atoms with Gasteiger partial charge in [-0.15, -0.1) is 0 Å². The van der Waals surface area contributed by atoms with Crippen LogP contribution in [-0.4, -0.2) is 44.0 Å². The summed E-state index contributed by atoms with van der Waals surface area (Å²) in [4.78, 5) is 25.6. The van der Waals surface area contributed by atoms with Gasteiger partial charge in [0.25, 0.3) is 11.8 Å². The molecule has 0 fully saturated rings. The standard InChI is InChI=1S/C21H25BrN2O4/c1-4-18(23-20(25)13-27-16-11-9-15(22)10-12-16)17-7-5-6-8-19(17)28-14-21(26)24(2)3/h5-12,18H,4,13-14H2,1-3H3,(H,23,25). The summed E-state index contributed by atoms with van der Waals surface area (Å²) in [6.07, 6.45) is 0.673. The number of para-hydroxylation sites is 1. The molecule has 28 heavy (non-hydrogen) atoms. The van der Waals surface area contributed by atoms with E-state index in [1.165, 1.54) is 4.90 Å². The maximum Gasteiger partial charge on any atom is 0.259 e. The van der Waals surface area contributed by atoms with Crippen molar-refractivity contribution in [1.29, 1.82) is 0 Å². The van der Waals surface area contributed by atoms with Crippen molar-refractivity contribution in [2.24, 2.45) is 0 Å². The first-order chi connectivity index (χ1) is 13.4. The highest BCUT2D eigenvalue weighted by molar-refractivity contribution is 9.10. The highest BCUT2D eigenvalue weighted by Crippen LogP contribution is 2.27. The van der Waals surface area contributed by atoms with E-state index in [9.17, 15) is 9.59 Å². The van der Waals surface area contributed by atoms with Gasteiger partial charge in [-0.2, -0.15) is 0 Å². The molecule has 0 aliphatic rings. The van der Waals surface area contributed by atoms with Crippen molar-refractivity contribution in [1.82, 2.24) is 10.2 Å².